The van der Waals surface area contributed by atoms with Crippen LogP contribution in [0.25, 0.3) is 0 Å². The topological polar surface area (TPSA) is 50.4 Å². The molecule has 1 saturated heterocycles. The third kappa shape index (κ3) is 3.96. The average molecular weight is 262 g/mol. The van der Waals surface area contributed by atoms with Crippen molar-refractivity contribution in [2.45, 2.75) is 38.8 Å². The van der Waals surface area contributed by atoms with Crippen molar-refractivity contribution in [1.82, 2.24) is 10.6 Å². The van der Waals surface area contributed by atoms with Gasteiger partial charge in [0.15, 0.2) is 0 Å². The summed E-state index contributed by atoms with van der Waals surface area (Å²) >= 11 is 0. The molecule has 1 aliphatic rings. The van der Waals surface area contributed by atoms with E-state index in [1.54, 1.807) is 7.11 Å². The minimum Gasteiger partial charge on any atom is -0.496 e. The highest BCUT2D eigenvalue weighted by Gasteiger charge is 2.17. The van der Waals surface area contributed by atoms with Crippen LogP contribution in [0.1, 0.15) is 30.4 Å². The third-order valence-corrected chi connectivity index (χ3v) is 3.54. The van der Waals surface area contributed by atoms with Gasteiger partial charge in [-0.25, -0.2) is 0 Å². The smallest absolute Gasteiger partial charge is 0.221 e. The molecule has 19 heavy (non-hydrogen) atoms. The lowest BCUT2D eigenvalue weighted by atomic mass is 10.1. The number of nitrogens with one attached hydrogen (secondary N) is 2. The predicted octanol–water partition coefficient (Wildman–Crippen LogP) is 1.76. The lowest BCUT2D eigenvalue weighted by Gasteiger charge is -2.11. The second-order valence-corrected chi connectivity index (χ2v) is 5.08. The lowest BCUT2D eigenvalue weighted by Crippen LogP contribution is -2.31. The summed E-state index contributed by atoms with van der Waals surface area (Å²) in [5, 5.41) is 6.30. The number of carbonyl (C=O) groups excluding carboxylic acids is 1. The van der Waals surface area contributed by atoms with Gasteiger partial charge in [0.2, 0.25) is 5.91 Å². The van der Waals surface area contributed by atoms with Crippen molar-refractivity contribution >= 4 is 5.91 Å². The number of rotatable bonds is 5. The summed E-state index contributed by atoms with van der Waals surface area (Å²) < 4.78 is 5.22. The van der Waals surface area contributed by atoms with Crippen molar-refractivity contribution in [2.24, 2.45) is 0 Å². The van der Waals surface area contributed by atoms with Crippen molar-refractivity contribution in [2.75, 3.05) is 13.7 Å². The molecule has 2 N–H and O–H groups in total. The molecule has 4 nitrogen and oxygen atoms in total. The standard InChI is InChI=1S/C15H22N2O2/c1-11-8-12(5-6-14(11)19-2)10-17-15(18)9-13-4-3-7-16-13/h5-6,8,13,16H,3-4,7,9-10H2,1-2H3,(H,17,18). The summed E-state index contributed by atoms with van der Waals surface area (Å²) in [6.45, 7) is 3.62. The Balaban J connectivity index is 1.81. The molecule has 0 saturated carbocycles. The third-order valence-electron chi connectivity index (χ3n) is 3.54. The number of hydrogen-bond donors (Lipinski definition) is 2. The first kappa shape index (κ1) is 13.9. The van der Waals surface area contributed by atoms with Crippen LogP contribution in [0.3, 0.4) is 0 Å². The summed E-state index contributed by atoms with van der Waals surface area (Å²) in [4.78, 5) is 11.8. The maximum Gasteiger partial charge on any atom is 0.221 e. The van der Waals surface area contributed by atoms with Gasteiger partial charge in [-0.05, 0) is 43.5 Å². The van der Waals surface area contributed by atoms with Gasteiger partial charge in [0, 0.05) is 19.0 Å². The molecule has 1 aliphatic heterocycles. The number of methoxy groups -OCH3 is 1. The molecular formula is C15H22N2O2. The van der Waals surface area contributed by atoms with Gasteiger partial charge in [-0.2, -0.15) is 0 Å². The first-order valence-electron chi connectivity index (χ1n) is 6.82. The van der Waals surface area contributed by atoms with Crippen LogP contribution in [-0.2, 0) is 11.3 Å². The summed E-state index contributed by atoms with van der Waals surface area (Å²) in [6.07, 6.45) is 2.86. The molecule has 1 atom stereocenters. The Hall–Kier alpha value is -1.55. The molecule has 1 unspecified atom stereocenters. The zero-order valence-electron chi connectivity index (χ0n) is 11.7. The summed E-state index contributed by atoms with van der Waals surface area (Å²) in [7, 11) is 1.67. The Morgan fingerprint density at radius 2 is 2.37 bits per heavy atom. The molecule has 104 valence electrons. The molecule has 1 aromatic carbocycles. The number of carbonyl (C=O) groups is 1. The van der Waals surface area contributed by atoms with Crippen LogP contribution in [-0.4, -0.2) is 25.6 Å². The van der Waals surface area contributed by atoms with Crippen LogP contribution < -0.4 is 15.4 Å². The zero-order chi connectivity index (χ0) is 13.7. The molecule has 1 aromatic rings. The number of amides is 1. The van der Waals surface area contributed by atoms with Gasteiger partial charge in [-0.15, -0.1) is 0 Å². The van der Waals surface area contributed by atoms with Crippen LogP contribution in [0, 0.1) is 6.92 Å². The van der Waals surface area contributed by atoms with Gasteiger partial charge in [-0.3, -0.25) is 4.79 Å². The minimum atomic E-state index is 0.118. The Morgan fingerprint density at radius 3 is 3.00 bits per heavy atom. The number of aryl methyl sites for hydroxylation is 1. The Bertz CT molecular complexity index is 440. The molecule has 0 bridgehead atoms. The van der Waals surface area contributed by atoms with Crippen molar-refractivity contribution < 1.29 is 9.53 Å². The van der Waals surface area contributed by atoms with Gasteiger partial charge >= 0.3 is 0 Å². The molecule has 1 heterocycles. The van der Waals surface area contributed by atoms with Gasteiger partial charge < -0.3 is 15.4 Å². The largest absolute Gasteiger partial charge is 0.496 e. The van der Waals surface area contributed by atoms with E-state index in [-0.39, 0.29) is 5.91 Å². The monoisotopic (exact) mass is 262 g/mol. The molecular weight excluding hydrogens is 240 g/mol. The quantitative estimate of drug-likeness (QED) is 0.850. The summed E-state index contributed by atoms with van der Waals surface area (Å²) in [6, 6.07) is 6.33. The van der Waals surface area contributed by atoms with E-state index in [1.165, 1.54) is 6.42 Å². The van der Waals surface area contributed by atoms with Crippen LogP contribution in [0.4, 0.5) is 0 Å². The molecule has 4 heteroatoms. The molecule has 0 aromatic heterocycles. The van der Waals surface area contributed by atoms with Crippen LogP contribution in [0.2, 0.25) is 0 Å². The Morgan fingerprint density at radius 1 is 1.53 bits per heavy atom. The van der Waals surface area contributed by atoms with E-state index in [9.17, 15) is 4.79 Å². The fraction of sp³-hybridized carbons (Fsp3) is 0.533. The highest BCUT2D eigenvalue weighted by atomic mass is 16.5. The SMILES string of the molecule is COc1ccc(CNC(=O)CC2CCCN2)cc1C. The van der Waals surface area contributed by atoms with Gasteiger partial charge in [0.25, 0.3) is 0 Å². The Kier molecular flexibility index (Phi) is 4.80. The van der Waals surface area contributed by atoms with Crippen molar-refractivity contribution in [3.63, 3.8) is 0 Å². The number of hydrogen-bond acceptors (Lipinski definition) is 3. The van der Waals surface area contributed by atoms with Crippen LogP contribution in [0.5, 0.6) is 5.75 Å². The maximum atomic E-state index is 11.8. The lowest BCUT2D eigenvalue weighted by molar-refractivity contribution is -0.121. The molecule has 0 radical (unpaired) electrons. The maximum absolute atomic E-state index is 11.8. The van der Waals surface area contributed by atoms with Crippen LogP contribution >= 0.6 is 0 Å². The van der Waals surface area contributed by atoms with Gasteiger partial charge in [0.1, 0.15) is 5.75 Å². The van der Waals surface area contributed by atoms with E-state index >= 15 is 0 Å². The predicted molar refractivity (Wildman–Crippen MR) is 75.2 cm³/mol. The van der Waals surface area contributed by atoms with Crippen molar-refractivity contribution in [3.05, 3.63) is 29.3 Å². The van der Waals surface area contributed by atoms with Gasteiger partial charge in [0.05, 0.1) is 7.11 Å². The molecule has 0 aliphatic carbocycles. The fourth-order valence-electron chi connectivity index (χ4n) is 2.48. The summed E-state index contributed by atoms with van der Waals surface area (Å²) in [5.74, 6) is 0.998. The number of benzene rings is 1. The van der Waals surface area contributed by atoms with E-state index in [0.29, 0.717) is 19.0 Å². The van der Waals surface area contributed by atoms with Crippen LogP contribution in [0.15, 0.2) is 18.2 Å². The minimum absolute atomic E-state index is 0.118. The van der Waals surface area contributed by atoms with E-state index in [1.807, 2.05) is 25.1 Å². The van der Waals surface area contributed by atoms with E-state index < -0.39 is 0 Å². The molecule has 1 fully saturated rings. The zero-order valence-corrected chi connectivity index (χ0v) is 11.7. The average Bonchev–Trinajstić information content (AvgIpc) is 2.89. The molecule has 0 spiro atoms. The Labute approximate surface area is 114 Å². The fourth-order valence-corrected chi connectivity index (χ4v) is 2.48. The van der Waals surface area contributed by atoms with E-state index in [4.69, 9.17) is 4.74 Å². The second kappa shape index (κ2) is 6.57. The highest BCUT2D eigenvalue weighted by Crippen LogP contribution is 2.18. The first-order valence-corrected chi connectivity index (χ1v) is 6.82. The second-order valence-electron chi connectivity index (χ2n) is 5.08. The van der Waals surface area contributed by atoms with E-state index in [0.717, 1.165) is 29.8 Å². The van der Waals surface area contributed by atoms with Gasteiger partial charge in [-0.1, -0.05) is 12.1 Å². The van der Waals surface area contributed by atoms with Crippen molar-refractivity contribution in [3.8, 4) is 5.75 Å². The number of ether oxygens (including phenoxy) is 1. The normalized spacial score (nSPS) is 18.3. The molecule has 2 rings (SSSR count). The highest BCUT2D eigenvalue weighted by molar-refractivity contribution is 5.76. The van der Waals surface area contributed by atoms with E-state index in [2.05, 4.69) is 10.6 Å². The summed E-state index contributed by atoms with van der Waals surface area (Å²) in [5.41, 5.74) is 2.19. The van der Waals surface area contributed by atoms with Crippen molar-refractivity contribution in [1.29, 1.82) is 0 Å². The first-order chi connectivity index (χ1) is 9.19. The molecule has 1 amide bonds.